The van der Waals surface area contributed by atoms with Crippen LogP contribution in [0.4, 0.5) is 11.6 Å². The van der Waals surface area contributed by atoms with Crippen LogP contribution in [0.2, 0.25) is 5.02 Å². The average molecular weight is 574 g/mol. The number of halogens is 1. The number of anilines is 2. The average Bonchev–Trinajstić information content (AvgIpc) is 3.53. The van der Waals surface area contributed by atoms with E-state index < -0.39 is 6.04 Å². The summed E-state index contributed by atoms with van der Waals surface area (Å²) in [6, 6.07) is 19.6. The van der Waals surface area contributed by atoms with Crippen LogP contribution in [0.3, 0.4) is 0 Å². The molecule has 1 N–H and O–H groups in total. The highest BCUT2D eigenvalue weighted by Crippen LogP contribution is 2.31. The highest BCUT2D eigenvalue weighted by molar-refractivity contribution is 7.07. The van der Waals surface area contributed by atoms with Gasteiger partial charge >= 0.3 is 0 Å². The summed E-state index contributed by atoms with van der Waals surface area (Å²) in [7, 11) is 2.11. The van der Waals surface area contributed by atoms with Crippen molar-refractivity contribution in [2.24, 2.45) is 4.99 Å². The van der Waals surface area contributed by atoms with Gasteiger partial charge in [0.2, 0.25) is 0 Å². The van der Waals surface area contributed by atoms with E-state index in [0.29, 0.717) is 37.1 Å². The Labute approximate surface area is 240 Å². The number of rotatable bonds is 5. The number of furan rings is 1. The number of carbonyl (C=O) groups excluding carboxylic acids is 1. The van der Waals surface area contributed by atoms with Gasteiger partial charge in [-0.05, 0) is 49.9 Å². The van der Waals surface area contributed by atoms with Crippen LogP contribution in [0.5, 0.6) is 0 Å². The number of piperazine rings is 1. The number of thiazole rings is 1. The Morgan fingerprint density at radius 3 is 2.50 bits per heavy atom. The molecule has 2 aliphatic heterocycles. The topological polar surface area (TPSA) is 83.1 Å². The Kier molecular flexibility index (Phi) is 7.18. The molecule has 0 spiro atoms. The molecule has 0 unspecified atom stereocenters. The first-order chi connectivity index (χ1) is 19.4. The largest absolute Gasteiger partial charge is 0.441 e. The van der Waals surface area contributed by atoms with Crippen LogP contribution < -0.4 is 25.1 Å². The number of hydrogen-bond acceptors (Lipinski definition) is 7. The van der Waals surface area contributed by atoms with E-state index in [1.54, 1.807) is 29.7 Å². The maximum Gasteiger partial charge on any atom is 0.271 e. The Balaban J connectivity index is 1.41. The van der Waals surface area contributed by atoms with Crippen LogP contribution in [0, 0.1) is 0 Å². The van der Waals surface area contributed by atoms with E-state index in [1.165, 1.54) is 11.3 Å². The number of para-hydroxylation sites is 1. The summed E-state index contributed by atoms with van der Waals surface area (Å²) in [5.41, 5.74) is 2.14. The van der Waals surface area contributed by atoms with Gasteiger partial charge in [0.1, 0.15) is 5.76 Å². The Bertz CT molecular complexity index is 1760. The van der Waals surface area contributed by atoms with E-state index in [0.717, 1.165) is 37.6 Å². The summed E-state index contributed by atoms with van der Waals surface area (Å²) in [6.45, 7) is 5.52. The molecule has 0 aliphatic carbocycles. The van der Waals surface area contributed by atoms with E-state index in [-0.39, 0.29) is 11.5 Å². The van der Waals surface area contributed by atoms with Crippen molar-refractivity contribution < 1.29 is 9.21 Å². The molecule has 6 rings (SSSR count). The number of allylic oxidation sites excluding steroid dienone is 1. The highest BCUT2D eigenvalue weighted by Gasteiger charge is 2.32. The molecule has 0 saturated carbocycles. The number of nitrogens with zero attached hydrogens (tertiary/aromatic N) is 4. The number of fused-ring (bicyclic) bond motifs is 1. The van der Waals surface area contributed by atoms with Gasteiger partial charge in [-0.1, -0.05) is 53.3 Å². The molecule has 0 radical (unpaired) electrons. The van der Waals surface area contributed by atoms with Crippen molar-refractivity contribution >= 4 is 46.5 Å². The van der Waals surface area contributed by atoms with E-state index >= 15 is 0 Å². The van der Waals surface area contributed by atoms with Crippen molar-refractivity contribution in [3.63, 3.8) is 0 Å². The van der Waals surface area contributed by atoms with E-state index in [2.05, 4.69) is 22.2 Å². The van der Waals surface area contributed by atoms with Crippen molar-refractivity contribution in [1.29, 1.82) is 0 Å². The maximum atomic E-state index is 13.9. The second-order valence-corrected chi connectivity index (χ2v) is 11.4. The molecule has 2 aromatic carbocycles. The fraction of sp³-hybridized carbons (Fsp3) is 0.233. The first kappa shape index (κ1) is 26.3. The summed E-state index contributed by atoms with van der Waals surface area (Å²) >= 11 is 7.46. The lowest BCUT2D eigenvalue weighted by Crippen LogP contribution is -2.44. The smallest absolute Gasteiger partial charge is 0.271 e. The van der Waals surface area contributed by atoms with Crippen molar-refractivity contribution in [3.05, 3.63) is 114 Å². The summed E-state index contributed by atoms with van der Waals surface area (Å²) in [4.78, 5) is 37.2. The molecule has 10 heteroatoms. The molecular formula is C30H28ClN5O3S. The fourth-order valence-corrected chi connectivity index (χ4v) is 6.19. The number of amides is 1. The minimum atomic E-state index is -0.670. The van der Waals surface area contributed by atoms with Gasteiger partial charge in [0.15, 0.2) is 10.7 Å². The van der Waals surface area contributed by atoms with Gasteiger partial charge in [0.25, 0.3) is 11.5 Å². The SMILES string of the molecule is CC1=C(C(=O)Nc2ccccc2)[C@@H](c2ccc(Cl)cc2)n2c(s/c(=C/c3ccc(N4CCN(C)CC4)o3)c2=O)=N1. The quantitative estimate of drug-likeness (QED) is 0.392. The Morgan fingerprint density at radius 1 is 1.05 bits per heavy atom. The summed E-state index contributed by atoms with van der Waals surface area (Å²) in [5.74, 6) is 1.08. The first-order valence-electron chi connectivity index (χ1n) is 13.0. The summed E-state index contributed by atoms with van der Waals surface area (Å²) in [6.07, 6.45) is 1.76. The number of hydrogen-bond donors (Lipinski definition) is 1. The lowest BCUT2D eigenvalue weighted by molar-refractivity contribution is -0.113. The van der Waals surface area contributed by atoms with Gasteiger partial charge in [-0.3, -0.25) is 14.2 Å². The predicted octanol–water partition coefficient (Wildman–Crippen LogP) is 3.87. The van der Waals surface area contributed by atoms with E-state index in [1.807, 2.05) is 54.6 Å². The van der Waals surface area contributed by atoms with Crippen LogP contribution in [0.15, 0.2) is 92.2 Å². The normalized spacial score (nSPS) is 18.0. The second kappa shape index (κ2) is 10.9. The number of aromatic nitrogens is 1. The van der Waals surface area contributed by atoms with E-state index in [9.17, 15) is 9.59 Å². The summed E-state index contributed by atoms with van der Waals surface area (Å²) < 4.78 is 8.19. The van der Waals surface area contributed by atoms with Gasteiger partial charge in [0.05, 0.1) is 21.8 Å². The van der Waals surface area contributed by atoms with Crippen LogP contribution in [0.1, 0.15) is 24.3 Å². The van der Waals surface area contributed by atoms with Gasteiger partial charge in [-0.2, -0.15) is 0 Å². The molecule has 2 aromatic heterocycles. The van der Waals surface area contributed by atoms with Gasteiger partial charge in [-0.15, -0.1) is 0 Å². The molecule has 1 fully saturated rings. The van der Waals surface area contributed by atoms with E-state index in [4.69, 9.17) is 21.0 Å². The lowest BCUT2D eigenvalue weighted by atomic mass is 9.95. The molecule has 40 heavy (non-hydrogen) atoms. The third kappa shape index (κ3) is 5.15. The van der Waals surface area contributed by atoms with Gasteiger partial charge in [-0.25, -0.2) is 4.99 Å². The van der Waals surface area contributed by atoms with Crippen molar-refractivity contribution in [2.75, 3.05) is 43.4 Å². The lowest BCUT2D eigenvalue weighted by Gasteiger charge is -2.32. The molecule has 0 bridgehead atoms. The number of carbonyl (C=O) groups is 1. The molecule has 1 atom stereocenters. The zero-order chi connectivity index (χ0) is 27.8. The molecule has 1 saturated heterocycles. The Hall–Kier alpha value is -3.92. The standard InChI is InChI=1S/C30H28ClN5O3S/c1-19-26(28(37)33-22-6-4-3-5-7-22)27(20-8-10-21(31)11-9-20)36-29(38)24(40-30(36)32-19)18-23-12-13-25(39-23)35-16-14-34(2)15-17-35/h3-13,18,27H,14-17H2,1-2H3,(H,33,37)/b24-18+/t27-/m1/s1. The molecule has 4 aromatic rings. The highest BCUT2D eigenvalue weighted by atomic mass is 35.5. The van der Waals surface area contributed by atoms with Crippen LogP contribution in [0.25, 0.3) is 6.08 Å². The molecule has 4 heterocycles. The number of nitrogens with one attached hydrogen (secondary N) is 1. The van der Waals surface area contributed by atoms with Gasteiger partial charge in [0, 0.05) is 49.0 Å². The minimum absolute atomic E-state index is 0.237. The van der Waals surface area contributed by atoms with Gasteiger partial charge < -0.3 is 19.5 Å². The molecule has 1 amide bonds. The molecule has 8 nitrogen and oxygen atoms in total. The fourth-order valence-electron chi connectivity index (χ4n) is 5.04. The molecule has 204 valence electrons. The monoisotopic (exact) mass is 573 g/mol. The molecule has 2 aliphatic rings. The third-order valence-electron chi connectivity index (χ3n) is 7.18. The van der Waals surface area contributed by atoms with Crippen molar-refractivity contribution in [1.82, 2.24) is 9.47 Å². The number of likely N-dealkylation sites (N-methyl/N-ethyl adjacent to an activating group) is 1. The maximum absolute atomic E-state index is 13.9. The third-order valence-corrected chi connectivity index (χ3v) is 8.42. The zero-order valence-corrected chi connectivity index (χ0v) is 23.7. The van der Waals surface area contributed by atoms with Crippen LogP contribution in [-0.2, 0) is 4.79 Å². The molecular weight excluding hydrogens is 546 g/mol. The Morgan fingerprint density at radius 2 is 1.77 bits per heavy atom. The zero-order valence-electron chi connectivity index (χ0n) is 22.1. The minimum Gasteiger partial charge on any atom is -0.441 e. The predicted molar refractivity (Wildman–Crippen MR) is 159 cm³/mol. The van der Waals surface area contributed by atoms with Crippen LogP contribution in [-0.4, -0.2) is 48.6 Å². The second-order valence-electron chi connectivity index (χ2n) is 9.92. The van der Waals surface area contributed by atoms with Crippen LogP contribution >= 0.6 is 22.9 Å². The van der Waals surface area contributed by atoms with Crippen molar-refractivity contribution in [3.8, 4) is 0 Å². The first-order valence-corrected chi connectivity index (χ1v) is 14.2. The summed E-state index contributed by atoms with van der Waals surface area (Å²) in [5, 5.41) is 3.53. The number of benzene rings is 2. The van der Waals surface area contributed by atoms with Crippen molar-refractivity contribution in [2.45, 2.75) is 13.0 Å².